The minimum atomic E-state index is -3.07. The number of carbonyl (C=O) groups is 1. The van der Waals surface area contributed by atoms with Gasteiger partial charge in [-0.1, -0.05) is 20.8 Å². The molecule has 0 fully saturated rings. The summed E-state index contributed by atoms with van der Waals surface area (Å²) in [7, 11) is 1.45. The molecule has 1 aliphatic rings. The number of hydrogen-bond donors (Lipinski definition) is 3. The molecule has 2 rings (SSSR count). The van der Waals surface area contributed by atoms with Crippen LogP contribution in [0.4, 0.5) is 18.9 Å². The first-order chi connectivity index (χ1) is 11.6. The largest absolute Gasteiger partial charge is 0.393 e. The van der Waals surface area contributed by atoms with Crippen LogP contribution in [0.1, 0.15) is 44.2 Å². The average molecular weight is 353 g/mol. The first kappa shape index (κ1) is 19.0. The Morgan fingerprint density at radius 2 is 2.04 bits per heavy atom. The zero-order chi connectivity index (χ0) is 18.9. The molecule has 7 heteroatoms. The van der Waals surface area contributed by atoms with Gasteiger partial charge in [-0.3, -0.25) is 10.2 Å². The third-order valence-corrected chi connectivity index (χ3v) is 4.47. The number of fused-ring (bicyclic) bond motifs is 1. The highest BCUT2D eigenvalue weighted by molar-refractivity contribution is 6.25. The number of amides is 1. The smallest absolute Gasteiger partial charge is 0.280 e. The molecule has 0 aliphatic heterocycles. The molecule has 1 aliphatic carbocycles. The summed E-state index contributed by atoms with van der Waals surface area (Å²) in [5.41, 5.74) is -0.284. The summed E-state index contributed by atoms with van der Waals surface area (Å²) in [6.45, 7) is 5.81. The van der Waals surface area contributed by atoms with Crippen LogP contribution in [-0.2, 0) is 10.2 Å². The molecule has 0 spiro atoms. The van der Waals surface area contributed by atoms with Crippen LogP contribution in [-0.4, -0.2) is 25.1 Å². The molecule has 1 amide bonds. The van der Waals surface area contributed by atoms with Crippen LogP contribution in [0.15, 0.2) is 23.9 Å². The third kappa shape index (κ3) is 3.55. The van der Waals surface area contributed by atoms with E-state index in [1.807, 2.05) is 20.8 Å². The lowest BCUT2D eigenvalue weighted by Gasteiger charge is -2.20. The van der Waals surface area contributed by atoms with E-state index in [0.29, 0.717) is 16.8 Å². The van der Waals surface area contributed by atoms with Gasteiger partial charge in [0.05, 0.1) is 5.57 Å². The topological polar surface area (TPSA) is 65.0 Å². The van der Waals surface area contributed by atoms with E-state index in [2.05, 4.69) is 10.6 Å². The van der Waals surface area contributed by atoms with Crippen molar-refractivity contribution in [2.75, 3.05) is 12.4 Å². The number of alkyl halides is 2. The van der Waals surface area contributed by atoms with E-state index in [1.165, 1.54) is 19.2 Å². The van der Waals surface area contributed by atoms with E-state index in [4.69, 9.17) is 5.41 Å². The lowest BCUT2D eigenvalue weighted by Crippen LogP contribution is -2.26. The fourth-order valence-electron chi connectivity index (χ4n) is 3.59. The van der Waals surface area contributed by atoms with Crippen molar-refractivity contribution in [3.8, 4) is 0 Å². The highest BCUT2D eigenvalue weighted by atomic mass is 19.3. The SMILES string of the molecule is CN/C=C(\C(=N)C(F)F)C(=O)Nc1ccc(F)c2c1C(C)CC2(C)C. The van der Waals surface area contributed by atoms with Gasteiger partial charge in [-0.05, 0) is 41.0 Å². The van der Waals surface area contributed by atoms with Crippen molar-refractivity contribution in [2.45, 2.75) is 45.0 Å². The van der Waals surface area contributed by atoms with Crippen molar-refractivity contribution < 1.29 is 18.0 Å². The van der Waals surface area contributed by atoms with Crippen LogP contribution in [0.5, 0.6) is 0 Å². The van der Waals surface area contributed by atoms with Crippen molar-refractivity contribution in [1.29, 1.82) is 5.41 Å². The molecule has 0 saturated heterocycles. The van der Waals surface area contributed by atoms with E-state index >= 15 is 0 Å². The van der Waals surface area contributed by atoms with Gasteiger partial charge in [0.25, 0.3) is 12.3 Å². The maximum Gasteiger partial charge on any atom is 0.280 e. The van der Waals surface area contributed by atoms with Crippen LogP contribution in [0.2, 0.25) is 0 Å². The number of halogens is 3. The van der Waals surface area contributed by atoms with Crippen LogP contribution < -0.4 is 10.6 Å². The quantitative estimate of drug-likeness (QED) is 0.555. The Morgan fingerprint density at radius 1 is 1.40 bits per heavy atom. The summed E-state index contributed by atoms with van der Waals surface area (Å²) < 4.78 is 40.0. The second-order valence-corrected chi connectivity index (χ2v) is 6.89. The number of hydrogen-bond acceptors (Lipinski definition) is 3. The monoisotopic (exact) mass is 353 g/mol. The second-order valence-electron chi connectivity index (χ2n) is 6.89. The minimum absolute atomic E-state index is 0.0160. The van der Waals surface area contributed by atoms with E-state index in [9.17, 15) is 18.0 Å². The molecule has 0 bridgehead atoms. The molecule has 4 nitrogen and oxygen atoms in total. The molecule has 1 atom stereocenters. The molecule has 3 N–H and O–H groups in total. The number of carbonyl (C=O) groups excluding carboxylic acids is 1. The molecular formula is C18H22F3N3O. The Labute approximate surface area is 145 Å². The fourth-order valence-corrected chi connectivity index (χ4v) is 3.59. The fraction of sp³-hybridized carbons (Fsp3) is 0.444. The molecule has 1 unspecified atom stereocenters. The van der Waals surface area contributed by atoms with Crippen molar-refractivity contribution >= 4 is 17.3 Å². The third-order valence-electron chi connectivity index (χ3n) is 4.47. The number of nitrogens with one attached hydrogen (secondary N) is 3. The predicted octanol–water partition coefficient (Wildman–Crippen LogP) is 3.94. The minimum Gasteiger partial charge on any atom is -0.393 e. The van der Waals surface area contributed by atoms with Gasteiger partial charge in [0.2, 0.25) is 0 Å². The van der Waals surface area contributed by atoms with E-state index in [0.717, 1.165) is 12.6 Å². The second kappa shape index (κ2) is 6.90. The van der Waals surface area contributed by atoms with Crippen LogP contribution >= 0.6 is 0 Å². The highest BCUT2D eigenvalue weighted by Gasteiger charge is 2.39. The standard InChI is InChI=1S/C18H22F3N3O/c1-9-7-18(2,3)14-11(19)5-6-12(13(9)14)24-17(25)10(8-23-4)15(22)16(20)21/h5-6,8-9,16,22-23H,7H2,1-4H3,(H,24,25)/b10-8+,22-15?. The molecule has 25 heavy (non-hydrogen) atoms. The molecular weight excluding hydrogens is 331 g/mol. The maximum absolute atomic E-state index is 14.3. The van der Waals surface area contributed by atoms with Crippen molar-refractivity contribution in [2.24, 2.45) is 0 Å². The zero-order valence-corrected chi connectivity index (χ0v) is 14.6. The Hall–Kier alpha value is -2.31. The van der Waals surface area contributed by atoms with Gasteiger partial charge in [0.1, 0.15) is 11.5 Å². The van der Waals surface area contributed by atoms with Gasteiger partial charge in [-0.2, -0.15) is 0 Å². The molecule has 136 valence electrons. The highest BCUT2D eigenvalue weighted by Crippen LogP contribution is 2.49. The lowest BCUT2D eigenvalue weighted by molar-refractivity contribution is -0.112. The van der Waals surface area contributed by atoms with Crippen LogP contribution in [0, 0.1) is 11.2 Å². The molecule has 0 radical (unpaired) electrons. The number of rotatable bonds is 5. The summed E-state index contributed by atoms with van der Waals surface area (Å²) >= 11 is 0. The molecule has 1 aromatic carbocycles. The summed E-state index contributed by atoms with van der Waals surface area (Å²) in [4.78, 5) is 12.4. The van der Waals surface area contributed by atoms with Gasteiger partial charge in [-0.15, -0.1) is 0 Å². The molecule has 0 heterocycles. The van der Waals surface area contributed by atoms with Gasteiger partial charge in [0.15, 0.2) is 0 Å². The normalized spacial score (nSPS) is 18.9. The Bertz CT molecular complexity index is 741. The maximum atomic E-state index is 14.3. The Balaban J connectivity index is 2.42. The molecule has 0 saturated carbocycles. The van der Waals surface area contributed by atoms with Gasteiger partial charge < -0.3 is 10.6 Å². The lowest BCUT2D eigenvalue weighted by atomic mass is 9.85. The zero-order valence-electron chi connectivity index (χ0n) is 14.6. The van der Waals surface area contributed by atoms with Gasteiger partial charge in [-0.25, -0.2) is 13.2 Å². The molecule has 1 aromatic rings. The van der Waals surface area contributed by atoms with Crippen molar-refractivity contribution in [3.63, 3.8) is 0 Å². The summed E-state index contributed by atoms with van der Waals surface area (Å²) in [6, 6.07) is 2.71. The summed E-state index contributed by atoms with van der Waals surface area (Å²) in [6.07, 6.45) is -1.29. The summed E-state index contributed by atoms with van der Waals surface area (Å²) in [5.74, 6) is -1.15. The summed E-state index contributed by atoms with van der Waals surface area (Å²) in [5, 5.41) is 12.5. The van der Waals surface area contributed by atoms with Crippen LogP contribution in [0.3, 0.4) is 0 Å². The molecule has 0 aromatic heterocycles. The first-order valence-corrected chi connectivity index (χ1v) is 7.98. The Morgan fingerprint density at radius 3 is 2.60 bits per heavy atom. The number of benzene rings is 1. The first-order valence-electron chi connectivity index (χ1n) is 7.98. The average Bonchev–Trinajstić information content (AvgIpc) is 2.77. The van der Waals surface area contributed by atoms with Gasteiger partial charge in [0, 0.05) is 18.9 Å². The van der Waals surface area contributed by atoms with Crippen molar-refractivity contribution in [1.82, 2.24) is 5.32 Å². The van der Waals surface area contributed by atoms with E-state index in [1.54, 1.807) is 0 Å². The Kier molecular flexibility index (Phi) is 5.25. The van der Waals surface area contributed by atoms with Crippen LogP contribution in [0.25, 0.3) is 0 Å². The predicted molar refractivity (Wildman–Crippen MR) is 92.0 cm³/mol. The van der Waals surface area contributed by atoms with Gasteiger partial charge >= 0.3 is 0 Å². The van der Waals surface area contributed by atoms with E-state index < -0.39 is 23.6 Å². The van der Waals surface area contributed by atoms with E-state index in [-0.39, 0.29) is 17.2 Å². The van der Waals surface area contributed by atoms with Crippen molar-refractivity contribution in [3.05, 3.63) is 40.8 Å². The number of anilines is 1.